The van der Waals surface area contributed by atoms with Gasteiger partial charge in [-0.2, -0.15) is 5.10 Å². The Labute approximate surface area is 107 Å². The Morgan fingerprint density at radius 1 is 1.50 bits per heavy atom. The fourth-order valence-electron chi connectivity index (χ4n) is 1.60. The van der Waals surface area contributed by atoms with Crippen molar-refractivity contribution < 1.29 is 5.11 Å². The van der Waals surface area contributed by atoms with Crippen LogP contribution in [0.5, 0.6) is 0 Å². The van der Waals surface area contributed by atoms with Crippen LogP contribution in [0.4, 0.5) is 0 Å². The fraction of sp³-hybridized carbons (Fsp3) is 0.538. The highest BCUT2D eigenvalue weighted by molar-refractivity contribution is 5.38. The van der Waals surface area contributed by atoms with E-state index in [4.69, 9.17) is 0 Å². The van der Waals surface area contributed by atoms with Crippen LogP contribution in [0.15, 0.2) is 18.5 Å². The Balaban J connectivity index is 2.12. The second kappa shape index (κ2) is 4.66. The number of hydrogen-bond donors (Lipinski definition) is 2. The van der Waals surface area contributed by atoms with Gasteiger partial charge in [0.2, 0.25) is 0 Å². The molecule has 0 saturated carbocycles. The van der Waals surface area contributed by atoms with Crippen molar-refractivity contribution in [2.24, 2.45) is 0 Å². The molecule has 2 rings (SSSR count). The van der Waals surface area contributed by atoms with Crippen LogP contribution < -0.4 is 5.32 Å². The van der Waals surface area contributed by atoms with E-state index in [1.165, 1.54) is 0 Å². The van der Waals surface area contributed by atoms with E-state index in [0.717, 1.165) is 16.9 Å². The largest absolute Gasteiger partial charge is 0.392 e. The quantitative estimate of drug-likeness (QED) is 0.856. The summed E-state index contributed by atoms with van der Waals surface area (Å²) in [4.78, 5) is 4.35. The number of aryl methyl sites for hydroxylation is 1. The lowest BCUT2D eigenvalue weighted by Gasteiger charge is -2.29. The molecular formula is C13H20N4O. The molecule has 0 aromatic carbocycles. The van der Waals surface area contributed by atoms with Crippen molar-refractivity contribution in [1.82, 2.24) is 19.9 Å². The van der Waals surface area contributed by atoms with Crippen LogP contribution in [0.3, 0.4) is 0 Å². The van der Waals surface area contributed by atoms with E-state index in [1.54, 1.807) is 11.4 Å². The first-order valence-electron chi connectivity index (χ1n) is 6.12. The lowest BCUT2D eigenvalue weighted by Crippen LogP contribution is -2.47. The summed E-state index contributed by atoms with van der Waals surface area (Å²) in [5.74, 6) is 0. The number of rotatable bonds is 4. The third kappa shape index (κ3) is 2.68. The molecule has 2 aromatic heterocycles. The van der Waals surface area contributed by atoms with Crippen molar-refractivity contribution in [2.75, 3.05) is 0 Å². The van der Waals surface area contributed by atoms with Crippen LogP contribution in [0.1, 0.15) is 32.0 Å². The molecule has 0 radical (unpaired) electrons. The van der Waals surface area contributed by atoms with Gasteiger partial charge in [-0.3, -0.25) is 0 Å². The molecule has 0 aliphatic rings. The maximum Gasteiger partial charge on any atom is 0.155 e. The molecule has 5 heteroatoms. The minimum absolute atomic E-state index is 0.324. The summed E-state index contributed by atoms with van der Waals surface area (Å²) in [5.41, 5.74) is 2.52. The lowest BCUT2D eigenvalue weighted by atomic mass is 9.98. The van der Waals surface area contributed by atoms with E-state index < -0.39 is 6.10 Å². The Morgan fingerprint density at radius 3 is 2.89 bits per heavy atom. The molecule has 0 bridgehead atoms. The van der Waals surface area contributed by atoms with E-state index in [0.29, 0.717) is 6.54 Å². The number of aromatic nitrogens is 3. The predicted molar refractivity (Wildman–Crippen MR) is 70.3 cm³/mol. The maximum absolute atomic E-state index is 9.64. The summed E-state index contributed by atoms with van der Waals surface area (Å²) in [7, 11) is 0. The summed E-state index contributed by atoms with van der Waals surface area (Å²) in [6.07, 6.45) is 3.38. The SMILES string of the molecule is Cc1cc2ncc(CNC(C)(C)C(C)O)cn2n1. The second-order valence-electron chi connectivity index (χ2n) is 5.30. The molecule has 0 aliphatic carbocycles. The predicted octanol–water partition coefficient (Wildman–Crippen LogP) is 1.29. The third-order valence-electron chi connectivity index (χ3n) is 3.28. The Kier molecular flexibility index (Phi) is 3.36. The minimum atomic E-state index is -0.416. The van der Waals surface area contributed by atoms with E-state index >= 15 is 0 Å². The monoisotopic (exact) mass is 248 g/mol. The van der Waals surface area contributed by atoms with E-state index in [9.17, 15) is 5.11 Å². The lowest BCUT2D eigenvalue weighted by molar-refractivity contribution is 0.0956. The summed E-state index contributed by atoms with van der Waals surface area (Å²) in [6.45, 7) is 8.33. The molecule has 0 fully saturated rings. The van der Waals surface area contributed by atoms with Gasteiger partial charge in [0.05, 0.1) is 11.8 Å². The van der Waals surface area contributed by atoms with Crippen molar-refractivity contribution in [3.63, 3.8) is 0 Å². The third-order valence-corrected chi connectivity index (χ3v) is 3.28. The molecule has 18 heavy (non-hydrogen) atoms. The highest BCUT2D eigenvalue weighted by atomic mass is 16.3. The smallest absolute Gasteiger partial charge is 0.155 e. The maximum atomic E-state index is 9.64. The van der Waals surface area contributed by atoms with Crippen LogP contribution in [0.2, 0.25) is 0 Å². The number of aliphatic hydroxyl groups excluding tert-OH is 1. The van der Waals surface area contributed by atoms with Crippen LogP contribution in [0, 0.1) is 6.92 Å². The first kappa shape index (κ1) is 13.0. The molecule has 2 N–H and O–H groups in total. The van der Waals surface area contributed by atoms with Crippen molar-refractivity contribution in [3.05, 3.63) is 29.7 Å². The van der Waals surface area contributed by atoms with E-state index in [1.807, 2.05) is 39.2 Å². The molecule has 5 nitrogen and oxygen atoms in total. The zero-order valence-electron chi connectivity index (χ0n) is 11.3. The Hall–Kier alpha value is -1.46. The van der Waals surface area contributed by atoms with Gasteiger partial charge in [-0.1, -0.05) is 0 Å². The molecular weight excluding hydrogens is 228 g/mol. The van der Waals surface area contributed by atoms with Gasteiger partial charge >= 0.3 is 0 Å². The van der Waals surface area contributed by atoms with Gasteiger partial charge in [-0.15, -0.1) is 0 Å². The van der Waals surface area contributed by atoms with Crippen LogP contribution >= 0.6 is 0 Å². The van der Waals surface area contributed by atoms with Crippen molar-refractivity contribution in [3.8, 4) is 0 Å². The van der Waals surface area contributed by atoms with E-state index in [-0.39, 0.29) is 5.54 Å². The van der Waals surface area contributed by atoms with Gasteiger partial charge in [0.1, 0.15) is 0 Å². The van der Waals surface area contributed by atoms with Crippen molar-refractivity contribution in [1.29, 1.82) is 0 Å². The Bertz CT molecular complexity index is 545. The zero-order chi connectivity index (χ0) is 13.3. The Morgan fingerprint density at radius 2 is 2.22 bits per heavy atom. The second-order valence-corrected chi connectivity index (χ2v) is 5.30. The van der Waals surface area contributed by atoms with Crippen LogP contribution in [-0.2, 0) is 6.54 Å². The highest BCUT2D eigenvalue weighted by Gasteiger charge is 2.22. The molecule has 0 amide bonds. The normalized spacial score (nSPS) is 14.1. The summed E-state index contributed by atoms with van der Waals surface area (Å²) >= 11 is 0. The van der Waals surface area contributed by atoms with E-state index in [2.05, 4.69) is 15.4 Å². The fourth-order valence-corrected chi connectivity index (χ4v) is 1.60. The first-order valence-corrected chi connectivity index (χ1v) is 6.12. The molecule has 0 aliphatic heterocycles. The number of nitrogens with zero attached hydrogens (tertiary/aromatic N) is 3. The molecule has 0 saturated heterocycles. The van der Waals surface area contributed by atoms with Gasteiger partial charge in [-0.25, -0.2) is 9.50 Å². The standard InChI is InChI=1S/C13H20N4O/c1-9-5-12-14-6-11(8-17(12)16-9)7-15-13(3,4)10(2)18/h5-6,8,10,15,18H,7H2,1-4H3. The molecule has 98 valence electrons. The molecule has 2 aromatic rings. The number of hydrogen-bond acceptors (Lipinski definition) is 4. The van der Waals surface area contributed by atoms with Gasteiger partial charge in [-0.05, 0) is 27.7 Å². The average Bonchev–Trinajstić information content (AvgIpc) is 2.65. The minimum Gasteiger partial charge on any atom is -0.392 e. The molecule has 2 heterocycles. The zero-order valence-corrected chi connectivity index (χ0v) is 11.3. The van der Waals surface area contributed by atoms with Crippen LogP contribution in [-0.4, -0.2) is 31.3 Å². The van der Waals surface area contributed by atoms with Crippen molar-refractivity contribution in [2.45, 2.75) is 45.9 Å². The summed E-state index contributed by atoms with van der Waals surface area (Å²) in [5, 5.41) is 17.3. The van der Waals surface area contributed by atoms with Gasteiger partial charge < -0.3 is 10.4 Å². The van der Waals surface area contributed by atoms with Crippen molar-refractivity contribution >= 4 is 5.65 Å². The van der Waals surface area contributed by atoms with Crippen LogP contribution in [0.25, 0.3) is 5.65 Å². The van der Waals surface area contributed by atoms with Gasteiger partial charge in [0.25, 0.3) is 0 Å². The highest BCUT2D eigenvalue weighted by Crippen LogP contribution is 2.10. The first-order chi connectivity index (χ1) is 8.38. The summed E-state index contributed by atoms with van der Waals surface area (Å²) in [6, 6.07) is 1.94. The van der Waals surface area contributed by atoms with Gasteiger partial charge in [0, 0.05) is 36.1 Å². The van der Waals surface area contributed by atoms with Gasteiger partial charge in [0.15, 0.2) is 5.65 Å². The molecule has 1 unspecified atom stereocenters. The number of aliphatic hydroxyl groups is 1. The number of fused-ring (bicyclic) bond motifs is 1. The molecule has 1 atom stereocenters. The average molecular weight is 248 g/mol. The molecule has 0 spiro atoms. The number of nitrogens with one attached hydrogen (secondary N) is 1. The summed E-state index contributed by atoms with van der Waals surface area (Å²) < 4.78 is 1.78. The topological polar surface area (TPSA) is 62.5 Å².